The van der Waals surface area contributed by atoms with Crippen LogP contribution in [0, 0.1) is 0 Å². The third kappa shape index (κ3) is 2.89. The SMILES string of the molecule is CC(C)c1cc(C(=O)O)c(Cl)c(C(C)C)c1C(=O)O. The summed E-state index contributed by atoms with van der Waals surface area (Å²) >= 11 is 6.08. The molecule has 0 saturated carbocycles. The van der Waals surface area contributed by atoms with Crippen LogP contribution in [-0.4, -0.2) is 22.2 Å². The van der Waals surface area contributed by atoms with Crippen LogP contribution in [0.25, 0.3) is 0 Å². The fourth-order valence-corrected chi connectivity index (χ4v) is 2.54. The number of benzene rings is 1. The maximum absolute atomic E-state index is 11.5. The van der Waals surface area contributed by atoms with Crippen LogP contribution >= 0.6 is 11.6 Å². The van der Waals surface area contributed by atoms with Gasteiger partial charge in [0.05, 0.1) is 16.1 Å². The quantitative estimate of drug-likeness (QED) is 0.877. The smallest absolute Gasteiger partial charge is 0.337 e. The first-order chi connectivity index (χ1) is 8.68. The van der Waals surface area contributed by atoms with Gasteiger partial charge in [0.2, 0.25) is 0 Å². The highest BCUT2D eigenvalue weighted by Gasteiger charge is 2.26. The first-order valence-electron chi connectivity index (χ1n) is 6.01. The predicted molar refractivity (Wildman–Crippen MR) is 73.5 cm³/mol. The molecule has 104 valence electrons. The van der Waals surface area contributed by atoms with Crippen LogP contribution in [-0.2, 0) is 0 Å². The summed E-state index contributed by atoms with van der Waals surface area (Å²) in [6, 6.07) is 1.37. The number of hydrogen-bond donors (Lipinski definition) is 2. The van der Waals surface area contributed by atoms with Gasteiger partial charge < -0.3 is 10.2 Å². The number of aromatic carboxylic acids is 2. The minimum atomic E-state index is -1.15. The van der Waals surface area contributed by atoms with Gasteiger partial charge >= 0.3 is 11.9 Å². The van der Waals surface area contributed by atoms with E-state index < -0.39 is 11.9 Å². The summed E-state index contributed by atoms with van der Waals surface area (Å²) in [5.41, 5.74) is 0.967. The zero-order valence-electron chi connectivity index (χ0n) is 11.3. The molecule has 1 rings (SSSR count). The van der Waals surface area contributed by atoms with Gasteiger partial charge in [-0.25, -0.2) is 9.59 Å². The Morgan fingerprint density at radius 2 is 1.58 bits per heavy atom. The summed E-state index contributed by atoms with van der Waals surface area (Å²) in [7, 11) is 0. The number of carbonyl (C=O) groups is 2. The van der Waals surface area contributed by atoms with E-state index in [9.17, 15) is 19.8 Å². The van der Waals surface area contributed by atoms with Gasteiger partial charge in [-0.05, 0) is 29.0 Å². The van der Waals surface area contributed by atoms with Crippen molar-refractivity contribution < 1.29 is 19.8 Å². The van der Waals surface area contributed by atoms with Gasteiger partial charge in [-0.3, -0.25) is 0 Å². The molecule has 1 aromatic carbocycles. The molecule has 0 unspecified atom stereocenters. The van der Waals surface area contributed by atoms with Crippen molar-refractivity contribution in [1.82, 2.24) is 0 Å². The lowest BCUT2D eigenvalue weighted by atomic mass is 9.86. The summed E-state index contributed by atoms with van der Waals surface area (Å²) in [4.78, 5) is 22.7. The van der Waals surface area contributed by atoms with E-state index in [0.29, 0.717) is 11.1 Å². The van der Waals surface area contributed by atoms with Crippen molar-refractivity contribution in [2.75, 3.05) is 0 Å². The van der Waals surface area contributed by atoms with Gasteiger partial charge in [-0.15, -0.1) is 0 Å². The van der Waals surface area contributed by atoms with Crippen molar-refractivity contribution >= 4 is 23.5 Å². The Hall–Kier alpha value is -1.55. The van der Waals surface area contributed by atoms with Crippen LogP contribution in [0.2, 0.25) is 5.02 Å². The maximum atomic E-state index is 11.5. The van der Waals surface area contributed by atoms with E-state index in [-0.39, 0.29) is 28.0 Å². The van der Waals surface area contributed by atoms with E-state index in [1.54, 1.807) is 13.8 Å². The average molecular weight is 285 g/mol. The number of halogens is 1. The lowest BCUT2D eigenvalue weighted by Gasteiger charge is -2.20. The molecule has 2 N–H and O–H groups in total. The highest BCUT2D eigenvalue weighted by molar-refractivity contribution is 6.35. The van der Waals surface area contributed by atoms with E-state index >= 15 is 0 Å². The topological polar surface area (TPSA) is 74.6 Å². The Kier molecular flexibility index (Phi) is 4.58. The Bertz CT molecular complexity index is 533. The molecular formula is C14H17ClO4. The molecule has 0 aliphatic heterocycles. The van der Waals surface area contributed by atoms with Crippen molar-refractivity contribution in [2.24, 2.45) is 0 Å². The third-order valence-electron chi connectivity index (χ3n) is 2.97. The van der Waals surface area contributed by atoms with Gasteiger partial charge in [0.15, 0.2) is 0 Å². The molecule has 0 radical (unpaired) electrons. The molecule has 0 bridgehead atoms. The summed E-state index contributed by atoms with van der Waals surface area (Å²) in [6.45, 7) is 7.24. The van der Waals surface area contributed by atoms with Gasteiger partial charge in [0, 0.05) is 0 Å². The highest BCUT2D eigenvalue weighted by Crippen LogP contribution is 2.36. The van der Waals surface area contributed by atoms with Crippen molar-refractivity contribution in [3.05, 3.63) is 33.3 Å². The van der Waals surface area contributed by atoms with Crippen molar-refractivity contribution in [3.63, 3.8) is 0 Å². The zero-order chi connectivity index (χ0) is 14.9. The Balaban J connectivity index is 3.83. The van der Waals surface area contributed by atoms with Crippen LogP contribution in [0.15, 0.2) is 6.07 Å². The molecular weight excluding hydrogens is 268 g/mol. The fraction of sp³-hybridized carbons (Fsp3) is 0.429. The molecule has 19 heavy (non-hydrogen) atoms. The molecule has 1 aromatic rings. The second-order valence-corrected chi connectivity index (χ2v) is 5.41. The van der Waals surface area contributed by atoms with E-state index in [2.05, 4.69) is 0 Å². The van der Waals surface area contributed by atoms with E-state index in [4.69, 9.17) is 11.6 Å². The first kappa shape index (κ1) is 15.5. The van der Waals surface area contributed by atoms with Gasteiger partial charge in [0.1, 0.15) is 0 Å². The lowest BCUT2D eigenvalue weighted by Crippen LogP contribution is -2.14. The van der Waals surface area contributed by atoms with Gasteiger partial charge in [0.25, 0.3) is 0 Å². The highest BCUT2D eigenvalue weighted by atomic mass is 35.5. The van der Waals surface area contributed by atoms with Crippen LogP contribution in [0.3, 0.4) is 0 Å². The van der Waals surface area contributed by atoms with E-state index in [0.717, 1.165) is 0 Å². The minimum absolute atomic E-state index is 0.0179. The van der Waals surface area contributed by atoms with Crippen molar-refractivity contribution in [2.45, 2.75) is 39.5 Å². The molecule has 0 heterocycles. The molecule has 0 spiro atoms. The molecule has 0 saturated heterocycles. The second-order valence-electron chi connectivity index (χ2n) is 5.04. The average Bonchev–Trinajstić information content (AvgIpc) is 2.26. The van der Waals surface area contributed by atoms with Gasteiger partial charge in [-0.2, -0.15) is 0 Å². The van der Waals surface area contributed by atoms with Gasteiger partial charge in [-0.1, -0.05) is 39.3 Å². The number of hydrogen-bond acceptors (Lipinski definition) is 2. The molecule has 0 amide bonds. The molecule has 0 fully saturated rings. The standard InChI is InChI=1S/C14H17ClO4/c1-6(2)8-5-9(13(16)17)12(15)10(7(3)4)11(8)14(18)19/h5-7H,1-4H3,(H,16,17)(H,18,19). The largest absolute Gasteiger partial charge is 0.478 e. The monoisotopic (exact) mass is 284 g/mol. The summed E-state index contributed by atoms with van der Waals surface area (Å²) in [6.07, 6.45) is 0. The van der Waals surface area contributed by atoms with Crippen LogP contribution in [0.5, 0.6) is 0 Å². The summed E-state index contributed by atoms with van der Waals surface area (Å²) in [5.74, 6) is -2.49. The Morgan fingerprint density at radius 1 is 1.05 bits per heavy atom. The summed E-state index contributed by atoms with van der Waals surface area (Å²) < 4.78 is 0. The van der Waals surface area contributed by atoms with E-state index in [1.165, 1.54) is 6.07 Å². The normalized spacial score (nSPS) is 11.1. The predicted octanol–water partition coefficient (Wildman–Crippen LogP) is 3.98. The molecule has 4 nitrogen and oxygen atoms in total. The molecule has 5 heteroatoms. The lowest BCUT2D eigenvalue weighted by molar-refractivity contribution is 0.0678. The van der Waals surface area contributed by atoms with Crippen molar-refractivity contribution in [1.29, 1.82) is 0 Å². The Morgan fingerprint density at radius 3 is 1.89 bits per heavy atom. The van der Waals surface area contributed by atoms with Crippen LogP contribution in [0.1, 0.15) is 71.4 Å². The van der Waals surface area contributed by atoms with Crippen LogP contribution in [0.4, 0.5) is 0 Å². The minimum Gasteiger partial charge on any atom is -0.478 e. The maximum Gasteiger partial charge on any atom is 0.337 e. The van der Waals surface area contributed by atoms with Crippen molar-refractivity contribution in [3.8, 4) is 0 Å². The summed E-state index contributed by atoms with van der Waals surface area (Å²) in [5, 5.41) is 18.6. The molecule has 0 aromatic heterocycles. The number of carboxylic acid groups (broad SMARTS) is 2. The number of carboxylic acids is 2. The fourth-order valence-electron chi connectivity index (χ4n) is 2.09. The van der Waals surface area contributed by atoms with Crippen LogP contribution < -0.4 is 0 Å². The Labute approximate surface area is 117 Å². The number of rotatable bonds is 4. The second kappa shape index (κ2) is 5.61. The molecule has 0 aliphatic rings. The molecule has 0 atom stereocenters. The third-order valence-corrected chi connectivity index (χ3v) is 3.38. The van der Waals surface area contributed by atoms with E-state index in [1.807, 2.05) is 13.8 Å². The first-order valence-corrected chi connectivity index (χ1v) is 6.39. The molecule has 0 aliphatic carbocycles. The zero-order valence-corrected chi connectivity index (χ0v) is 12.1.